The summed E-state index contributed by atoms with van der Waals surface area (Å²) in [5.41, 5.74) is -2.05. The lowest BCUT2D eigenvalue weighted by molar-refractivity contribution is -0.206. The first-order chi connectivity index (χ1) is 16.8. The summed E-state index contributed by atoms with van der Waals surface area (Å²) in [5, 5.41) is 0. The van der Waals surface area contributed by atoms with Crippen molar-refractivity contribution in [3.8, 4) is 11.5 Å². The number of hydrogen-bond acceptors (Lipinski definition) is 4. The molecule has 4 nitrogen and oxygen atoms in total. The first kappa shape index (κ1) is 27.7. The van der Waals surface area contributed by atoms with Gasteiger partial charge in [-0.3, -0.25) is 0 Å². The highest BCUT2D eigenvalue weighted by atomic mass is 19.4. The zero-order valence-corrected chi connectivity index (χ0v) is 18.5. The summed E-state index contributed by atoms with van der Waals surface area (Å²) in [4.78, 5) is 0. The Kier molecular flexibility index (Phi) is 8.44. The topological polar surface area (TPSA) is 36.9 Å². The van der Waals surface area contributed by atoms with Gasteiger partial charge in [0, 0.05) is 23.6 Å². The van der Waals surface area contributed by atoms with Gasteiger partial charge in [0.1, 0.15) is 22.9 Å². The minimum absolute atomic E-state index is 0.0629. The molecule has 0 radical (unpaired) electrons. The van der Waals surface area contributed by atoms with E-state index < -0.39 is 65.0 Å². The van der Waals surface area contributed by atoms with Crippen molar-refractivity contribution in [2.45, 2.75) is 38.3 Å². The highest BCUT2D eigenvalue weighted by Crippen LogP contribution is 2.39. The van der Waals surface area contributed by atoms with Crippen LogP contribution in [0.3, 0.4) is 0 Å². The fraction of sp³-hybridized carbons (Fsp3) is 0.391. The van der Waals surface area contributed by atoms with Gasteiger partial charge in [0.05, 0.1) is 25.6 Å². The summed E-state index contributed by atoms with van der Waals surface area (Å²) in [6.45, 7) is 2.44. The van der Waals surface area contributed by atoms with E-state index in [0.29, 0.717) is 12.1 Å². The molecule has 0 aliphatic carbocycles. The Labute approximate surface area is 199 Å². The fourth-order valence-electron chi connectivity index (χ4n) is 3.40. The van der Waals surface area contributed by atoms with Crippen molar-refractivity contribution in [1.82, 2.24) is 0 Å². The molecule has 1 saturated heterocycles. The Morgan fingerprint density at radius 1 is 0.889 bits per heavy atom. The molecule has 0 N–H and O–H groups in total. The molecule has 36 heavy (non-hydrogen) atoms. The molecule has 3 rings (SSSR count). The van der Waals surface area contributed by atoms with Gasteiger partial charge in [-0.05, 0) is 18.6 Å². The predicted molar refractivity (Wildman–Crippen MR) is 106 cm³/mol. The Morgan fingerprint density at radius 3 is 1.94 bits per heavy atom. The highest BCUT2D eigenvalue weighted by Gasteiger charge is 2.42. The average Bonchev–Trinajstić information content (AvgIpc) is 2.74. The zero-order valence-electron chi connectivity index (χ0n) is 18.5. The standard InChI is InChI=1S/C23H19F9O4/c1-2-3-12-10-34-21(35-11-12)13-6-15(24)19(16(25)7-13)23(31,32)36-14-8-17(26)20(18(27)9-14)33-5-4-22(28,29)30/h4-9,12,21H,2-3,10-11H2,1H3/b5-4+. The van der Waals surface area contributed by atoms with Crippen molar-refractivity contribution in [1.29, 1.82) is 0 Å². The third-order valence-corrected chi connectivity index (χ3v) is 4.95. The lowest BCUT2D eigenvalue weighted by Crippen LogP contribution is -2.28. The van der Waals surface area contributed by atoms with Gasteiger partial charge < -0.3 is 18.9 Å². The van der Waals surface area contributed by atoms with Crippen molar-refractivity contribution in [2.75, 3.05) is 13.2 Å². The monoisotopic (exact) mass is 530 g/mol. The van der Waals surface area contributed by atoms with E-state index in [0.717, 1.165) is 12.8 Å². The molecule has 2 aromatic carbocycles. The molecule has 0 spiro atoms. The maximum Gasteiger partial charge on any atom is 0.432 e. The second-order valence-corrected chi connectivity index (χ2v) is 7.81. The number of rotatable bonds is 8. The summed E-state index contributed by atoms with van der Waals surface area (Å²) in [6.07, 6.45) is -9.63. The molecular formula is C23H19F9O4. The van der Waals surface area contributed by atoms with Crippen LogP contribution in [0.1, 0.15) is 37.2 Å². The lowest BCUT2D eigenvalue weighted by Gasteiger charge is -2.30. The van der Waals surface area contributed by atoms with Gasteiger partial charge >= 0.3 is 12.3 Å². The van der Waals surface area contributed by atoms with Crippen LogP contribution in [0.2, 0.25) is 0 Å². The van der Waals surface area contributed by atoms with E-state index >= 15 is 0 Å². The van der Waals surface area contributed by atoms with Gasteiger partial charge in [-0.25, -0.2) is 17.6 Å². The number of hydrogen-bond donors (Lipinski definition) is 0. The Balaban J connectivity index is 1.78. The van der Waals surface area contributed by atoms with E-state index in [1.54, 1.807) is 0 Å². The summed E-state index contributed by atoms with van der Waals surface area (Å²) in [5.74, 6) is -9.38. The number of halogens is 9. The molecule has 0 bridgehead atoms. The van der Waals surface area contributed by atoms with Crippen LogP contribution in [-0.2, 0) is 15.6 Å². The Bertz CT molecular complexity index is 1050. The van der Waals surface area contributed by atoms with E-state index in [1.165, 1.54) is 0 Å². The summed E-state index contributed by atoms with van der Waals surface area (Å²) in [7, 11) is 0. The predicted octanol–water partition coefficient (Wildman–Crippen LogP) is 7.29. The molecule has 1 aliphatic heterocycles. The second-order valence-electron chi connectivity index (χ2n) is 7.81. The Hall–Kier alpha value is -2.93. The normalized spacial score (nSPS) is 19.1. The zero-order chi connectivity index (χ0) is 26.7. The van der Waals surface area contributed by atoms with Gasteiger partial charge in [0.15, 0.2) is 23.7 Å². The van der Waals surface area contributed by atoms with Crippen molar-refractivity contribution < 1.29 is 58.5 Å². The third-order valence-electron chi connectivity index (χ3n) is 4.95. The lowest BCUT2D eigenvalue weighted by atomic mass is 10.0. The van der Waals surface area contributed by atoms with Crippen LogP contribution in [-0.4, -0.2) is 19.4 Å². The minimum Gasteiger partial charge on any atom is -0.459 e. The van der Waals surface area contributed by atoms with Crippen molar-refractivity contribution >= 4 is 0 Å². The van der Waals surface area contributed by atoms with Crippen LogP contribution < -0.4 is 9.47 Å². The molecule has 13 heteroatoms. The van der Waals surface area contributed by atoms with E-state index in [4.69, 9.17) is 9.47 Å². The summed E-state index contributed by atoms with van der Waals surface area (Å²) in [6, 6.07) is 1.42. The largest absolute Gasteiger partial charge is 0.459 e. The SMILES string of the molecule is CCCC1COC(c2cc(F)c(C(F)(F)Oc3cc(F)c(O/C=C/C(F)(F)F)c(F)c3)c(F)c2)OC1. The number of alkyl halides is 5. The van der Waals surface area contributed by atoms with Gasteiger partial charge in [-0.1, -0.05) is 13.3 Å². The molecule has 0 unspecified atom stereocenters. The Morgan fingerprint density at radius 2 is 1.44 bits per heavy atom. The first-order valence-corrected chi connectivity index (χ1v) is 10.5. The molecule has 198 valence electrons. The quantitative estimate of drug-likeness (QED) is 0.265. The molecule has 0 amide bonds. The van der Waals surface area contributed by atoms with Crippen molar-refractivity contribution in [3.63, 3.8) is 0 Å². The van der Waals surface area contributed by atoms with Gasteiger partial charge in [0.2, 0.25) is 0 Å². The molecule has 0 aromatic heterocycles. The number of allylic oxidation sites excluding steroid dienone is 1. The van der Waals surface area contributed by atoms with Crippen LogP contribution in [0.5, 0.6) is 11.5 Å². The third kappa shape index (κ3) is 6.84. The molecule has 1 fully saturated rings. The minimum atomic E-state index is -4.84. The van der Waals surface area contributed by atoms with Crippen molar-refractivity contribution in [3.05, 3.63) is 71.0 Å². The van der Waals surface area contributed by atoms with Crippen LogP contribution >= 0.6 is 0 Å². The van der Waals surface area contributed by atoms with E-state index in [2.05, 4.69) is 9.47 Å². The number of ether oxygens (including phenoxy) is 4. The number of benzene rings is 2. The molecule has 0 saturated carbocycles. The van der Waals surface area contributed by atoms with Crippen molar-refractivity contribution in [2.24, 2.45) is 5.92 Å². The summed E-state index contributed by atoms with van der Waals surface area (Å²) >= 11 is 0. The molecule has 1 heterocycles. The highest BCUT2D eigenvalue weighted by molar-refractivity contribution is 5.37. The summed E-state index contributed by atoms with van der Waals surface area (Å²) < 4.78 is 142. The smallest absolute Gasteiger partial charge is 0.432 e. The fourth-order valence-corrected chi connectivity index (χ4v) is 3.40. The van der Waals surface area contributed by atoms with Crippen LogP contribution in [0, 0.1) is 29.2 Å². The van der Waals surface area contributed by atoms with Gasteiger partial charge in [0.25, 0.3) is 0 Å². The van der Waals surface area contributed by atoms with E-state index in [1.807, 2.05) is 6.92 Å². The van der Waals surface area contributed by atoms with Crippen LogP contribution in [0.15, 0.2) is 36.6 Å². The average molecular weight is 530 g/mol. The molecule has 0 atom stereocenters. The molecule has 2 aromatic rings. The molecular weight excluding hydrogens is 511 g/mol. The van der Waals surface area contributed by atoms with Gasteiger partial charge in [-0.15, -0.1) is 0 Å². The van der Waals surface area contributed by atoms with Crippen LogP contribution in [0.4, 0.5) is 39.5 Å². The van der Waals surface area contributed by atoms with Gasteiger partial charge in [-0.2, -0.15) is 22.0 Å². The second kappa shape index (κ2) is 11.0. The van der Waals surface area contributed by atoms with Crippen LogP contribution in [0.25, 0.3) is 0 Å². The maximum atomic E-state index is 14.6. The first-order valence-electron chi connectivity index (χ1n) is 10.5. The maximum absolute atomic E-state index is 14.6. The van der Waals surface area contributed by atoms with E-state index in [-0.39, 0.29) is 43.1 Å². The van der Waals surface area contributed by atoms with E-state index in [9.17, 15) is 39.5 Å². The molecule has 1 aliphatic rings.